The molecule has 0 saturated carbocycles. The van der Waals surface area contributed by atoms with Crippen LogP contribution in [0.1, 0.15) is 11.6 Å². The van der Waals surface area contributed by atoms with E-state index >= 15 is 0 Å². The SMILES string of the molecule is N#CC(Nc1ccc(F)cc1F)c1ccc(S(N)(=O)=O)cc1. The second-order valence-electron chi connectivity index (χ2n) is 4.44. The van der Waals surface area contributed by atoms with E-state index in [1.165, 1.54) is 30.3 Å². The zero-order valence-electron chi connectivity index (χ0n) is 11.1. The lowest BCUT2D eigenvalue weighted by molar-refractivity contribution is 0.584. The van der Waals surface area contributed by atoms with Crippen molar-refractivity contribution < 1.29 is 17.2 Å². The molecule has 8 heteroatoms. The molecule has 0 heterocycles. The molecule has 1 unspecified atom stereocenters. The number of halogens is 2. The molecule has 0 bridgehead atoms. The zero-order chi connectivity index (χ0) is 16.3. The van der Waals surface area contributed by atoms with Gasteiger partial charge in [0.25, 0.3) is 0 Å². The summed E-state index contributed by atoms with van der Waals surface area (Å²) in [6.45, 7) is 0. The van der Waals surface area contributed by atoms with Crippen LogP contribution >= 0.6 is 0 Å². The van der Waals surface area contributed by atoms with Crippen LogP contribution in [0.25, 0.3) is 0 Å². The van der Waals surface area contributed by atoms with Gasteiger partial charge < -0.3 is 5.32 Å². The highest BCUT2D eigenvalue weighted by Crippen LogP contribution is 2.23. The highest BCUT2D eigenvalue weighted by molar-refractivity contribution is 7.89. The average molecular weight is 323 g/mol. The molecule has 114 valence electrons. The number of sulfonamides is 1. The van der Waals surface area contributed by atoms with E-state index < -0.39 is 27.7 Å². The molecule has 0 aliphatic heterocycles. The molecule has 0 aliphatic carbocycles. The van der Waals surface area contributed by atoms with Crippen molar-refractivity contribution in [3.63, 3.8) is 0 Å². The minimum Gasteiger partial charge on any atom is -0.364 e. The highest BCUT2D eigenvalue weighted by atomic mass is 32.2. The van der Waals surface area contributed by atoms with E-state index in [4.69, 9.17) is 10.4 Å². The summed E-state index contributed by atoms with van der Waals surface area (Å²) in [5.41, 5.74) is 0.377. The number of rotatable bonds is 4. The van der Waals surface area contributed by atoms with Gasteiger partial charge in [0.1, 0.15) is 17.7 Å². The maximum atomic E-state index is 13.6. The molecule has 0 amide bonds. The van der Waals surface area contributed by atoms with Gasteiger partial charge in [-0.1, -0.05) is 12.1 Å². The number of anilines is 1. The predicted molar refractivity (Wildman–Crippen MR) is 76.1 cm³/mol. The summed E-state index contributed by atoms with van der Waals surface area (Å²) in [4.78, 5) is -0.0964. The summed E-state index contributed by atoms with van der Waals surface area (Å²) in [6.07, 6.45) is 0. The first kappa shape index (κ1) is 15.9. The molecule has 0 fully saturated rings. The first-order chi connectivity index (χ1) is 10.3. The summed E-state index contributed by atoms with van der Waals surface area (Å²) in [7, 11) is -3.83. The average Bonchev–Trinajstić information content (AvgIpc) is 2.46. The van der Waals surface area contributed by atoms with Crippen molar-refractivity contribution in [2.75, 3.05) is 5.32 Å². The standard InChI is InChI=1S/C14H11F2N3O2S/c15-10-3-6-13(12(16)7-10)19-14(8-17)9-1-4-11(5-2-9)22(18,20)21/h1-7,14,19H,(H2,18,20,21). The molecular formula is C14H11F2N3O2S. The van der Waals surface area contributed by atoms with Gasteiger partial charge in [0, 0.05) is 6.07 Å². The summed E-state index contributed by atoms with van der Waals surface area (Å²) >= 11 is 0. The van der Waals surface area contributed by atoms with Crippen molar-refractivity contribution in [3.05, 3.63) is 59.7 Å². The van der Waals surface area contributed by atoms with E-state index in [1.807, 2.05) is 6.07 Å². The number of benzene rings is 2. The van der Waals surface area contributed by atoms with Gasteiger partial charge in [-0.3, -0.25) is 0 Å². The van der Waals surface area contributed by atoms with Gasteiger partial charge in [0.15, 0.2) is 0 Å². The Hall–Kier alpha value is -2.50. The lowest BCUT2D eigenvalue weighted by Crippen LogP contribution is -2.13. The van der Waals surface area contributed by atoms with Gasteiger partial charge in [-0.15, -0.1) is 0 Å². The molecule has 0 aromatic heterocycles. The third kappa shape index (κ3) is 3.58. The van der Waals surface area contributed by atoms with Crippen LogP contribution in [0.15, 0.2) is 47.4 Å². The van der Waals surface area contributed by atoms with E-state index in [0.717, 1.165) is 6.07 Å². The molecule has 0 radical (unpaired) electrons. The van der Waals surface area contributed by atoms with E-state index in [0.29, 0.717) is 11.6 Å². The summed E-state index contributed by atoms with van der Waals surface area (Å²) in [5, 5.41) is 16.8. The number of primary sulfonamides is 1. The smallest absolute Gasteiger partial charge is 0.238 e. The van der Waals surface area contributed by atoms with Gasteiger partial charge in [0.2, 0.25) is 10.0 Å². The van der Waals surface area contributed by atoms with Crippen LogP contribution < -0.4 is 10.5 Å². The van der Waals surface area contributed by atoms with Crippen LogP contribution in [0, 0.1) is 23.0 Å². The normalized spacial score (nSPS) is 12.5. The Morgan fingerprint density at radius 2 is 1.77 bits per heavy atom. The molecule has 0 saturated heterocycles. The van der Waals surface area contributed by atoms with Crippen molar-refractivity contribution in [2.45, 2.75) is 10.9 Å². The minimum atomic E-state index is -3.83. The second-order valence-corrected chi connectivity index (χ2v) is 6.01. The topological polar surface area (TPSA) is 96.0 Å². The Morgan fingerprint density at radius 1 is 1.14 bits per heavy atom. The first-order valence-corrected chi connectivity index (χ1v) is 7.60. The fourth-order valence-corrected chi connectivity index (χ4v) is 2.32. The predicted octanol–water partition coefficient (Wildman–Crippen LogP) is 2.29. The first-order valence-electron chi connectivity index (χ1n) is 6.05. The van der Waals surface area contributed by atoms with Crippen molar-refractivity contribution in [2.24, 2.45) is 5.14 Å². The molecule has 2 aromatic carbocycles. The van der Waals surface area contributed by atoms with Gasteiger partial charge in [-0.25, -0.2) is 22.3 Å². The van der Waals surface area contributed by atoms with E-state index in [9.17, 15) is 17.2 Å². The number of nitrogens with zero attached hydrogens (tertiary/aromatic N) is 1. The van der Waals surface area contributed by atoms with Crippen molar-refractivity contribution >= 4 is 15.7 Å². The Morgan fingerprint density at radius 3 is 2.27 bits per heavy atom. The molecule has 0 aliphatic rings. The molecule has 5 nitrogen and oxygen atoms in total. The summed E-state index contributed by atoms with van der Waals surface area (Å²) in [5.74, 6) is -1.56. The molecule has 2 aromatic rings. The maximum Gasteiger partial charge on any atom is 0.238 e. The number of nitriles is 1. The summed E-state index contributed by atoms with van der Waals surface area (Å²) < 4.78 is 48.7. The van der Waals surface area contributed by atoms with Crippen LogP contribution in [0.4, 0.5) is 14.5 Å². The van der Waals surface area contributed by atoms with Gasteiger partial charge in [-0.2, -0.15) is 5.26 Å². The quantitative estimate of drug-likeness (QED) is 0.902. The molecule has 22 heavy (non-hydrogen) atoms. The van der Waals surface area contributed by atoms with Crippen LogP contribution in [0.2, 0.25) is 0 Å². The van der Waals surface area contributed by atoms with Crippen molar-refractivity contribution in [1.82, 2.24) is 0 Å². The van der Waals surface area contributed by atoms with Gasteiger partial charge in [-0.05, 0) is 29.8 Å². The van der Waals surface area contributed by atoms with Gasteiger partial charge >= 0.3 is 0 Å². The number of nitrogens with one attached hydrogen (secondary N) is 1. The third-order valence-corrected chi connectivity index (χ3v) is 3.83. The zero-order valence-corrected chi connectivity index (χ0v) is 11.9. The number of nitrogens with two attached hydrogens (primary N) is 1. The van der Waals surface area contributed by atoms with Crippen LogP contribution in [-0.2, 0) is 10.0 Å². The molecule has 3 N–H and O–H groups in total. The van der Waals surface area contributed by atoms with Crippen LogP contribution in [0.3, 0.4) is 0 Å². The molecule has 2 rings (SSSR count). The second kappa shape index (κ2) is 6.09. The fraction of sp³-hybridized carbons (Fsp3) is 0.0714. The Labute approximate surface area is 126 Å². The Kier molecular flexibility index (Phi) is 4.40. The van der Waals surface area contributed by atoms with Gasteiger partial charge in [0.05, 0.1) is 16.7 Å². The monoisotopic (exact) mass is 323 g/mol. The Bertz CT molecular complexity index is 830. The Balaban J connectivity index is 2.27. The number of hydrogen-bond acceptors (Lipinski definition) is 4. The molecular weight excluding hydrogens is 312 g/mol. The lowest BCUT2D eigenvalue weighted by atomic mass is 10.1. The highest BCUT2D eigenvalue weighted by Gasteiger charge is 2.15. The van der Waals surface area contributed by atoms with E-state index in [-0.39, 0.29) is 10.6 Å². The minimum absolute atomic E-state index is 0.0385. The van der Waals surface area contributed by atoms with E-state index in [1.54, 1.807) is 0 Å². The van der Waals surface area contributed by atoms with Crippen LogP contribution in [0.5, 0.6) is 0 Å². The third-order valence-electron chi connectivity index (χ3n) is 2.90. The lowest BCUT2D eigenvalue weighted by Gasteiger charge is -2.14. The molecule has 0 spiro atoms. The van der Waals surface area contributed by atoms with E-state index in [2.05, 4.69) is 5.32 Å². The number of hydrogen-bond donors (Lipinski definition) is 2. The fourth-order valence-electron chi connectivity index (χ4n) is 1.80. The summed E-state index contributed by atoms with van der Waals surface area (Å²) in [6, 6.07) is 9.19. The van der Waals surface area contributed by atoms with Crippen LogP contribution in [-0.4, -0.2) is 8.42 Å². The molecule has 1 atom stereocenters. The van der Waals surface area contributed by atoms with Crippen molar-refractivity contribution in [3.8, 4) is 6.07 Å². The van der Waals surface area contributed by atoms with Crippen molar-refractivity contribution in [1.29, 1.82) is 5.26 Å². The maximum absolute atomic E-state index is 13.6. The largest absolute Gasteiger partial charge is 0.364 e.